The first-order valence-corrected chi connectivity index (χ1v) is 5.78. The molecule has 0 aromatic heterocycles. The molecule has 6 nitrogen and oxygen atoms in total. The Morgan fingerprint density at radius 3 is 2.32 bits per heavy atom. The van der Waals surface area contributed by atoms with Crippen LogP contribution in [-0.2, 0) is 14.4 Å². The third-order valence-corrected chi connectivity index (χ3v) is 2.71. The minimum absolute atomic E-state index is 0.428. The molecular weight excluding hydrogens is 248 g/mol. The third kappa shape index (κ3) is 4.42. The summed E-state index contributed by atoms with van der Waals surface area (Å²) in [7, 11) is 0. The number of carboxylic acid groups (broad SMARTS) is 1. The summed E-state index contributed by atoms with van der Waals surface area (Å²) in [6.45, 7) is 1.66. The molecule has 0 aliphatic heterocycles. The summed E-state index contributed by atoms with van der Waals surface area (Å²) >= 11 is 0. The van der Waals surface area contributed by atoms with Gasteiger partial charge in [0.15, 0.2) is 0 Å². The quantitative estimate of drug-likeness (QED) is 0.683. The molecule has 1 aromatic carbocycles. The van der Waals surface area contributed by atoms with Crippen molar-refractivity contribution >= 4 is 17.8 Å². The summed E-state index contributed by atoms with van der Waals surface area (Å²) in [6, 6.07) is 7.65. The van der Waals surface area contributed by atoms with Crippen LogP contribution in [-0.4, -0.2) is 28.9 Å². The molecule has 102 valence electrons. The molecule has 0 saturated heterocycles. The number of hydrogen-bond acceptors (Lipinski definition) is 3. The molecule has 2 unspecified atom stereocenters. The van der Waals surface area contributed by atoms with E-state index in [4.69, 9.17) is 10.8 Å². The maximum atomic E-state index is 11.9. The average Bonchev–Trinajstić information content (AvgIpc) is 2.37. The van der Waals surface area contributed by atoms with Gasteiger partial charge in [-0.15, -0.1) is 0 Å². The zero-order chi connectivity index (χ0) is 14.4. The molecule has 1 rings (SSSR count). The van der Waals surface area contributed by atoms with Crippen LogP contribution in [0.1, 0.15) is 24.8 Å². The van der Waals surface area contributed by atoms with E-state index in [1.807, 2.05) is 6.07 Å². The van der Waals surface area contributed by atoms with E-state index in [1.165, 1.54) is 0 Å². The van der Waals surface area contributed by atoms with Crippen molar-refractivity contribution in [1.82, 2.24) is 5.32 Å². The lowest BCUT2D eigenvalue weighted by Gasteiger charge is -2.17. The molecule has 0 heterocycles. The highest BCUT2D eigenvalue weighted by Crippen LogP contribution is 2.14. The van der Waals surface area contributed by atoms with Gasteiger partial charge in [-0.1, -0.05) is 30.3 Å². The molecule has 0 bridgehead atoms. The molecule has 4 N–H and O–H groups in total. The highest BCUT2D eigenvalue weighted by Gasteiger charge is 2.25. The topological polar surface area (TPSA) is 109 Å². The number of carbonyl (C=O) groups excluding carboxylic acids is 2. The summed E-state index contributed by atoms with van der Waals surface area (Å²) < 4.78 is 0. The summed E-state index contributed by atoms with van der Waals surface area (Å²) in [5, 5.41) is 11.2. The number of aliphatic carboxylic acids is 1. The van der Waals surface area contributed by atoms with Crippen LogP contribution in [0.4, 0.5) is 0 Å². The van der Waals surface area contributed by atoms with Crippen LogP contribution in [0.25, 0.3) is 0 Å². The maximum Gasteiger partial charge on any atom is 0.326 e. The first kappa shape index (κ1) is 14.7. The van der Waals surface area contributed by atoms with Crippen LogP contribution >= 0.6 is 0 Å². The molecule has 2 atom stereocenters. The summed E-state index contributed by atoms with van der Waals surface area (Å²) in [4.78, 5) is 33.6. The van der Waals surface area contributed by atoms with E-state index in [1.54, 1.807) is 31.2 Å². The van der Waals surface area contributed by atoms with Gasteiger partial charge in [-0.2, -0.15) is 0 Å². The highest BCUT2D eigenvalue weighted by molar-refractivity contribution is 5.90. The number of rotatable bonds is 6. The predicted molar refractivity (Wildman–Crippen MR) is 68.2 cm³/mol. The number of nitrogens with two attached hydrogens (primary N) is 1. The molecular formula is C13H16N2O4. The lowest BCUT2D eigenvalue weighted by Crippen LogP contribution is -2.44. The Hall–Kier alpha value is -2.37. The van der Waals surface area contributed by atoms with Crippen LogP contribution < -0.4 is 11.1 Å². The van der Waals surface area contributed by atoms with Gasteiger partial charge in [-0.25, -0.2) is 4.79 Å². The largest absolute Gasteiger partial charge is 0.480 e. The lowest BCUT2D eigenvalue weighted by molar-refractivity contribution is -0.143. The smallest absolute Gasteiger partial charge is 0.326 e. The Labute approximate surface area is 110 Å². The van der Waals surface area contributed by atoms with Crippen molar-refractivity contribution in [3.8, 4) is 0 Å². The van der Waals surface area contributed by atoms with E-state index in [0.29, 0.717) is 0 Å². The van der Waals surface area contributed by atoms with E-state index >= 15 is 0 Å². The zero-order valence-electron chi connectivity index (χ0n) is 10.5. The van der Waals surface area contributed by atoms with Crippen LogP contribution in [0.15, 0.2) is 30.3 Å². The number of primary amides is 1. The molecule has 0 saturated carbocycles. The van der Waals surface area contributed by atoms with Crippen molar-refractivity contribution in [2.75, 3.05) is 0 Å². The van der Waals surface area contributed by atoms with Crippen molar-refractivity contribution in [3.63, 3.8) is 0 Å². The second-order valence-electron chi connectivity index (χ2n) is 4.20. The minimum atomic E-state index is -1.30. The van der Waals surface area contributed by atoms with Gasteiger partial charge in [0.1, 0.15) is 6.04 Å². The monoisotopic (exact) mass is 264 g/mol. The molecule has 19 heavy (non-hydrogen) atoms. The second-order valence-corrected chi connectivity index (χ2v) is 4.20. The molecule has 1 aromatic rings. The second kappa shape index (κ2) is 6.53. The number of hydrogen-bond donors (Lipinski definition) is 3. The Kier molecular flexibility index (Phi) is 5.05. The van der Waals surface area contributed by atoms with Crippen molar-refractivity contribution < 1.29 is 19.5 Å². The lowest BCUT2D eigenvalue weighted by atomic mass is 10.00. The van der Waals surface area contributed by atoms with Gasteiger partial charge in [0.25, 0.3) is 0 Å². The standard InChI is InChI=1S/C13H16N2O4/c1-8(9-5-3-2-4-6-9)12(17)15-10(13(18)19)7-11(14)16/h2-6,8,10H,7H2,1H3,(H2,14,16)(H,15,17)(H,18,19). The molecule has 0 aliphatic rings. The van der Waals surface area contributed by atoms with Crippen LogP contribution in [0, 0.1) is 0 Å². The van der Waals surface area contributed by atoms with Gasteiger partial charge in [0.05, 0.1) is 12.3 Å². The Morgan fingerprint density at radius 1 is 1.26 bits per heavy atom. The van der Waals surface area contributed by atoms with Gasteiger partial charge in [0, 0.05) is 0 Å². The Morgan fingerprint density at radius 2 is 1.84 bits per heavy atom. The van der Waals surface area contributed by atoms with Gasteiger partial charge in [-0.3, -0.25) is 9.59 Å². The molecule has 2 amide bonds. The predicted octanol–water partition coefficient (Wildman–Crippen LogP) is 0.235. The molecule has 0 radical (unpaired) electrons. The van der Waals surface area contributed by atoms with Crippen molar-refractivity contribution in [2.45, 2.75) is 25.3 Å². The fraction of sp³-hybridized carbons (Fsp3) is 0.308. The van der Waals surface area contributed by atoms with Crippen molar-refractivity contribution in [1.29, 1.82) is 0 Å². The van der Waals surface area contributed by atoms with Gasteiger partial charge >= 0.3 is 5.97 Å². The minimum Gasteiger partial charge on any atom is -0.480 e. The van der Waals surface area contributed by atoms with E-state index in [-0.39, 0.29) is 0 Å². The Balaban J connectivity index is 2.72. The number of nitrogens with one attached hydrogen (secondary N) is 1. The van der Waals surface area contributed by atoms with Crippen LogP contribution in [0.5, 0.6) is 0 Å². The molecule has 6 heteroatoms. The van der Waals surface area contributed by atoms with E-state index < -0.39 is 36.2 Å². The van der Waals surface area contributed by atoms with Gasteiger partial charge in [0.2, 0.25) is 11.8 Å². The van der Waals surface area contributed by atoms with Gasteiger partial charge < -0.3 is 16.2 Å². The fourth-order valence-corrected chi connectivity index (χ4v) is 1.59. The first-order chi connectivity index (χ1) is 8.91. The zero-order valence-corrected chi connectivity index (χ0v) is 10.5. The van der Waals surface area contributed by atoms with Crippen molar-refractivity contribution in [2.24, 2.45) is 5.73 Å². The average molecular weight is 264 g/mol. The highest BCUT2D eigenvalue weighted by atomic mass is 16.4. The summed E-state index contributed by atoms with van der Waals surface area (Å²) in [5.74, 6) is -3.02. The summed E-state index contributed by atoms with van der Waals surface area (Å²) in [5.41, 5.74) is 5.71. The Bertz CT molecular complexity index is 473. The maximum absolute atomic E-state index is 11.9. The summed E-state index contributed by atoms with van der Waals surface area (Å²) in [6.07, 6.45) is -0.428. The van der Waals surface area contributed by atoms with Gasteiger partial charge in [-0.05, 0) is 12.5 Å². The molecule has 0 spiro atoms. The SMILES string of the molecule is CC(C(=O)NC(CC(N)=O)C(=O)O)c1ccccc1. The van der Waals surface area contributed by atoms with E-state index in [0.717, 1.165) is 5.56 Å². The normalized spacial score (nSPS) is 13.3. The fourth-order valence-electron chi connectivity index (χ4n) is 1.59. The van der Waals surface area contributed by atoms with Crippen LogP contribution in [0.2, 0.25) is 0 Å². The number of benzene rings is 1. The van der Waals surface area contributed by atoms with Crippen LogP contribution in [0.3, 0.4) is 0 Å². The number of amides is 2. The van der Waals surface area contributed by atoms with E-state index in [2.05, 4.69) is 5.32 Å². The molecule has 0 aliphatic carbocycles. The van der Waals surface area contributed by atoms with Crippen molar-refractivity contribution in [3.05, 3.63) is 35.9 Å². The number of carbonyl (C=O) groups is 3. The molecule has 0 fully saturated rings. The first-order valence-electron chi connectivity index (χ1n) is 5.78. The number of carboxylic acids is 1. The van der Waals surface area contributed by atoms with E-state index in [9.17, 15) is 14.4 Å². The third-order valence-electron chi connectivity index (χ3n) is 2.71.